The Morgan fingerprint density at radius 2 is 2.19 bits per heavy atom. The first-order valence-corrected chi connectivity index (χ1v) is 9.68. The summed E-state index contributed by atoms with van der Waals surface area (Å²) in [4.78, 5) is 15.6. The first kappa shape index (κ1) is 18.0. The van der Waals surface area contributed by atoms with Gasteiger partial charge in [-0.05, 0) is 25.5 Å². The predicted molar refractivity (Wildman–Crippen MR) is 99.2 cm³/mol. The number of aromatic nitrogens is 3. The first-order chi connectivity index (χ1) is 12.9. The summed E-state index contributed by atoms with van der Waals surface area (Å²) in [6, 6.07) is 3.65. The van der Waals surface area contributed by atoms with Crippen LogP contribution in [0.4, 0.5) is 8.78 Å². The Balaban J connectivity index is 1.70. The van der Waals surface area contributed by atoms with Gasteiger partial charge in [0.1, 0.15) is 11.5 Å². The Bertz CT molecular complexity index is 998. The second-order valence-corrected chi connectivity index (χ2v) is 7.84. The van der Waals surface area contributed by atoms with E-state index in [4.69, 9.17) is 4.74 Å². The van der Waals surface area contributed by atoms with E-state index in [1.807, 2.05) is 32.3 Å². The predicted octanol–water partition coefficient (Wildman–Crippen LogP) is 4.77. The van der Waals surface area contributed by atoms with Gasteiger partial charge in [-0.2, -0.15) is 5.10 Å². The van der Waals surface area contributed by atoms with Crippen molar-refractivity contribution in [1.29, 1.82) is 0 Å². The molecule has 2 heterocycles. The molecule has 1 saturated carbocycles. The maximum atomic E-state index is 12.9. The van der Waals surface area contributed by atoms with Crippen molar-refractivity contribution in [2.45, 2.75) is 38.7 Å². The van der Waals surface area contributed by atoms with Crippen LogP contribution in [0.5, 0.6) is 5.75 Å². The highest BCUT2D eigenvalue weighted by molar-refractivity contribution is 7.10. The Labute approximate surface area is 159 Å². The van der Waals surface area contributed by atoms with Crippen molar-refractivity contribution in [2.24, 2.45) is 13.0 Å². The summed E-state index contributed by atoms with van der Waals surface area (Å²) < 4.78 is 33.7. The van der Waals surface area contributed by atoms with E-state index in [1.54, 1.807) is 10.1 Å². The van der Waals surface area contributed by atoms with Crippen LogP contribution in [0.1, 0.15) is 37.6 Å². The number of fused-ring (bicyclic) bond motifs is 1. The number of halogens is 2. The molecule has 142 valence electrons. The van der Waals surface area contributed by atoms with Crippen molar-refractivity contribution >= 4 is 28.0 Å². The summed E-state index contributed by atoms with van der Waals surface area (Å²) in [6.45, 7) is 1.97. The van der Waals surface area contributed by atoms with E-state index in [9.17, 15) is 13.6 Å². The lowest BCUT2D eigenvalue weighted by atomic mass is 10.0. The minimum Gasteiger partial charge on any atom is -0.490 e. The fourth-order valence-corrected chi connectivity index (χ4v) is 4.19. The molecule has 2 aromatic heterocycles. The van der Waals surface area contributed by atoms with Gasteiger partial charge < -0.3 is 4.74 Å². The summed E-state index contributed by atoms with van der Waals surface area (Å²) in [7, 11) is 1.82. The highest BCUT2D eigenvalue weighted by Crippen LogP contribution is 2.36. The highest BCUT2D eigenvalue weighted by atomic mass is 32.1. The molecule has 2 atom stereocenters. The fraction of sp³-hybridized carbons (Fsp3) is 0.421. The van der Waals surface area contributed by atoms with Gasteiger partial charge in [-0.1, -0.05) is 0 Å². The molecular formula is C19H19F2N3O2S. The molecule has 0 bridgehead atoms. The van der Waals surface area contributed by atoms with Crippen molar-refractivity contribution in [1.82, 2.24) is 14.8 Å². The van der Waals surface area contributed by atoms with Gasteiger partial charge in [-0.3, -0.25) is 9.48 Å². The molecule has 1 aliphatic carbocycles. The number of hydrogen-bond acceptors (Lipinski definition) is 5. The van der Waals surface area contributed by atoms with Gasteiger partial charge in [0.05, 0.1) is 22.7 Å². The van der Waals surface area contributed by atoms with Crippen molar-refractivity contribution in [2.75, 3.05) is 0 Å². The largest absolute Gasteiger partial charge is 0.490 e. The summed E-state index contributed by atoms with van der Waals surface area (Å²) in [5.74, 6) is 1.10. The standard InChI is InChI=1S/C19H19F2N3O2S/c1-10(11-3-4-13(25)5-11)26-17-7-12(6-15-14(17)8-24(2)23-15)16-9-27-19(22-16)18(20)21/h6-11,18H,3-5H2,1-2H3/t10-,11+/m1/s1. The lowest BCUT2D eigenvalue weighted by Crippen LogP contribution is -2.21. The van der Waals surface area contributed by atoms with Gasteiger partial charge >= 0.3 is 0 Å². The SMILES string of the molecule is C[C@@H](Oc1cc(-c2csc(C(F)F)n2)cc2nn(C)cc12)[C@H]1CCC(=O)C1. The van der Waals surface area contributed by atoms with Crippen LogP contribution < -0.4 is 4.74 Å². The Morgan fingerprint density at radius 1 is 1.37 bits per heavy atom. The molecule has 1 aromatic carbocycles. The molecule has 0 unspecified atom stereocenters. The fourth-order valence-electron chi connectivity index (χ4n) is 3.52. The van der Waals surface area contributed by atoms with Crippen LogP contribution in [-0.4, -0.2) is 26.7 Å². The molecule has 3 aromatic rings. The van der Waals surface area contributed by atoms with E-state index in [1.165, 1.54) is 0 Å². The van der Waals surface area contributed by atoms with Crippen LogP contribution in [0.2, 0.25) is 0 Å². The monoisotopic (exact) mass is 391 g/mol. The second kappa shape index (κ2) is 6.99. The highest BCUT2D eigenvalue weighted by Gasteiger charge is 2.29. The summed E-state index contributed by atoms with van der Waals surface area (Å²) in [6.07, 6.45) is 1.14. The Morgan fingerprint density at radius 3 is 2.85 bits per heavy atom. The van der Waals surface area contributed by atoms with Gasteiger partial charge in [0, 0.05) is 42.9 Å². The smallest absolute Gasteiger partial charge is 0.289 e. The maximum absolute atomic E-state index is 12.9. The molecule has 1 aliphatic rings. The lowest BCUT2D eigenvalue weighted by Gasteiger charge is -2.21. The topological polar surface area (TPSA) is 57.0 Å². The molecule has 0 aliphatic heterocycles. The number of alkyl halides is 2. The summed E-state index contributed by atoms with van der Waals surface area (Å²) in [5, 5.41) is 6.69. The minimum atomic E-state index is -2.59. The third kappa shape index (κ3) is 3.58. The molecule has 0 amide bonds. The number of ketones is 1. The van der Waals surface area contributed by atoms with Crippen LogP contribution in [0.15, 0.2) is 23.7 Å². The molecule has 0 N–H and O–H groups in total. The molecule has 0 spiro atoms. The van der Waals surface area contributed by atoms with E-state index in [0.29, 0.717) is 35.4 Å². The third-order valence-electron chi connectivity index (χ3n) is 4.97. The average Bonchev–Trinajstić information content (AvgIpc) is 3.32. The summed E-state index contributed by atoms with van der Waals surface area (Å²) in [5.41, 5.74) is 1.89. The average molecular weight is 391 g/mol. The van der Waals surface area contributed by atoms with Crippen LogP contribution in [0, 0.1) is 5.92 Å². The van der Waals surface area contributed by atoms with Gasteiger partial charge in [-0.15, -0.1) is 11.3 Å². The van der Waals surface area contributed by atoms with Gasteiger partial charge in [0.15, 0.2) is 5.01 Å². The van der Waals surface area contributed by atoms with Crippen molar-refractivity contribution in [3.8, 4) is 17.0 Å². The number of nitrogens with zero attached hydrogens (tertiary/aromatic N) is 3. The summed E-state index contributed by atoms with van der Waals surface area (Å²) >= 11 is 0.938. The zero-order valence-corrected chi connectivity index (χ0v) is 15.8. The number of aryl methyl sites for hydroxylation is 1. The number of carbonyl (C=O) groups is 1. The second-order valence-electron chi connectivity index (χ2n) is 6.95. The molecular weight excluding hydrogens is 372 g/mol. The van der Waals surface area contributed by atoms with Crippen molar-refractivity contribution < 1.29 is 18.3 Å². The quantitative estimate of drug-likeness (QED) is 0.629. The van der Waals surface area contributed by atoms with E-state index >= 15 is 0 Å². The van der Waals surface area contributed by atoms with Gasteiger partial charge in [-0.25, -0.2) is 13.8 Å². The number of benzene rings is 1. The van der Waals surface area contributed by atoms with E-state index in [0.717, 1.165) is 23.1 Å². The number of hydrogen-bond donors (Lipinski definition) is 0. The molecule has 0 radical (unpaired) electrons. The van der Waals surface area contributed by atoms with Crippen molar-refractivity contribution in [3.63, 3.8) is 0 Å². The maximum Gasteiger partial charge on any atom is 0.289 e. The molecule has 27 heavy (non-hydrogen) atoms. The molecule has 1 fully saturated rings. The van der Waals surface area contributed by atoms with Crippen molar-refractivity contribution in [3.05, 3.63) is 28.7 Å². The van der Waals surface area contributed by atoms with Crippen LogP contribution >= 0.6 is 11.3 Å². The van der Waals surface area contributed by atoms with Gasteiger partial charge in [0.25, 0.3) is 6.43 Å². The Kier molecular flexibility index (Phi) is 4.67. The van der Waals surface area contributed by atoms with Crippen LogP contribution in [-0.2, 0) is 11.8 Å². The zero-order valence-electron chi connectivity index (χ0n) is 15.0. The number of carbonyl (C=O) groups excluding carboxylic acids is 1. The number of rotatable bonds is 5. The number of thiazole rings is 1. The molecule has 5 nitrogen and oxygen atoms in total. The molecule has 8 heteroatoms. The molecule has 0 saturated heterocycles. The Hall–Kier alpha value is -2.35. The normalized spacial score (nSPS) is 18.6. The van der Waals surface area contributed by atoms with Gasteiger partial charge in [0.2, 0.25) is 0 Å². The van der Waals surface area contributed by atoms with Crippen LogP contribution in [0.25, 0.3) is 22.2 Å². The third-order valence-corrected chi connectivity index (χ3v) is 5.82. The first-order valence-electron chi connectivity index (χ1n) is 8.80. The number of Topliss-reactive ketones (excluding diaryl/α,β-unsaturated/α-hetero) is 1. The van der Waals surface area contributed by atoms with E-state index in [-0.39, 0.29) is 22.8 Å². The zero-order chi connectivity index (χ0) is 19.1. The van der Waals surface area contributed by atoms with E-state index < -0.39 is 6.43 Å². The minimum absolute atomic E-state index is 0.123. The molecule has 4 rings (SSSR count). The van der Waals surface area contributed by atoms with Crippen LogP contribution in [0.3, 0.4) is 0 Å². The number of ether oxygens (including phenoxy) is 1. The lowest BCUT2D eigenvalue weighted by molar-refractivity contribution is -0.117. The van der Waals surface area contributed by atoms with E-state index in [2.05, 4.69) is 10.1 Å².